The minimum absolute atomic E-state index is 0.0123. The number of rotatable bonds is 5. The van der Waals surface area contributed by atoms with Crippen molar-refractivity contribution in [3.8, 4) is 0 Å². The molecule has 8 nitrogen and oxygen atoms in total. The molecule has 1 aliphatic rings. The van der Waals surface area contributed by atoms with Crippen molar-refractivity contribution in [1.29, 1.82) is 0 Å². The Labute approximate surface area is 158 Å². The Bertz CT molecular complexity index is 758. The molecule has 0 atom stereocenters. The maximum Gasteiger partial charge on any atom is 0.315 e. The number of aryl methyl sites for hydroxylation is 1. The van der Waals surface area contributed by atoms with Gasteiger partial charge in [0, 0.05) is 45.1 Å². The summed E-state index contributed by atoms with van der Waals surface area (Å²) in [5.41, 5.74) is 2.19. The van der Waals surface area contributed by atoms with Gasteiger partial charge >= 0.3 is 6.03 Å². The maximum atomic E-state index is 12.3. The van der Waals surface area contributed by atoms with Crippen LogP contribution in [0.15, 0.2) is 42.7 Å². The highest BCUT2D eigenvalue weighted by Gasteiger charge is 2.22. The Morgan fingerprint density at radius 2 is 1.67 bits per heavy atom. The zero-order chi connectivity index (χ0) is 19.1. The van der Waals surface area contributed by atoms with Gasteiger partial charge in [-0.15, -0.1) is 0 Å². The van der Waals surface area contributed by atoms with E-state index in [0.29, 0.717) is 38.7 Å². The van der Waals surface area contributed by atoms with Crippen molar-refractivity contribution < 1.29 is 9.59 Å². The first-order valence-corrected chi connectivity index (χ1v) is 8.99. The molecular weight excluding hydrogens is 344 g/mol. The van der Waals surface area contributed by atoms with E-state index in [1.165, 1.54) is 5.56 Å². The van der Waals surface area contributed by atoms with E-state index < -0.39 is 0 Å². The van der Waals surface area contributed by atoms with Crippen molar-refractivity contribution in [3.05, 3.63) is 53.9 Å². The van der Waals surface area contributed by atoms with Crippen LogP contribution in [0.5, 0.6) is 0 Å². The van der Waals surface area contributed by atoms with Crippen molar-refractivity contribution >= 4 is 17.9 Å². The molecule has 3 rings (SSSR count). The highest BCUT2D eigenvalue weighted by atomic mass is 16.2. The van der Waals surface area contributed by atoms with Gasteiger partial charge in [-0.2, -0.15) is 0 Å². The van der Waals surface area contributed by atoms with Crippen LogP contribution in [0.2, 0.25) is 0 Å². The molecule has 0 bridgehead atoms. The summed E-state index contributed by atoms with van der Waals surface area (Å²) >= 11 is 0. The molecule has 0 spiro atoms. The Morgan fingerprint density at radius 3 is 2.33 bits per heavy atom. The first kappa shape index (κ1) is 18.6. The number of hydrogen-bond donors (Lipinski definition) is 2. The second kappa shape index (κ2) is 8.98. The van der Waals surface area contributed by atoms with E-state index in [-0.39, 0.29) is 18.5 Å². The van der Waals surface area contributed by atoms with Crippen LogP contribution >= 0.6 is 0 Å². The average Bonchev–Trinajstić information content (AvgIpc) is 2.72. The molecule has 142 valence electrons. The summed E-state index contributed by atoms with van der Waals surface area (Å²) in [5, 5.41) is 5.38. The molecule has 1 fully saturated rings. The lowest BCUT2D eigenvalue weighted by atomic mass is 10.1. The zero-order valence-corrected chi connectivity index (χ0v) is 15.4. The van der Waals surface area contributed by atoms with Gasteiger partial charge in [0.1, 0.15) is 0 Å². The number of benzene rings is 1. The van der Waals surface area contributed by atoms with E-state index in [0.717, 1.165) is 5.56 Å². The summed E-state index contributed by atoms with van der Waals surface area (Å²) in [6.07, 6.45) is 3.41. The van der Waals surface area contributed by atoms with E-state index in [9.17, 15) is 9.59 Å². The highest BCUT2D eigenvalue weighted by molar-refractivity contribution is 5.84. The lowest BCUT2D eigenvalue weighted by molar-refractivity contribution is -0.130. The standard InChI is InChI=1S/C19H24N6O2/c1-15-3-5-16(6-4-15)13-22-19(27)23-14-17(26)24-9-11-25(12-10-24)18-20-7-2-8-21-18/h2-8H,9-14H2,1H3,(H2,22,23,27). The van der Waals surface area contributed by atoms with Gasteiger partial charge in [-0.25, -0.2) is 14.8 Å². The van der Waals surface area contributed by atoms with Crippen LogP contribution in [0.4, 0.5) is 10.7 Å². The van der Waals surface area contributed by atoms with E-state index in [1.807, 2.05) is 36.1 Å². The number of anilines is 1. The van der Waals surface area contributed by atoms with Gasteiger partial charge in [-0.1, -0.05) is 29.8 Å². The highest BCUT2D eigenvalue weighted by Crippen LogP contribution is 2.09. The molecule has 2 N–H and O–H groups in total. The van der Waals surface area contributed by atoms with Gasteiger partial charge in [0.15, 0.2) is 0 Å². The third kappa shape index (κ3) is 5.40. The summed E-state index contributed by atoms with van der Waals surface area (Å²) in [7, 11) is 0. The van der Waals surface area contributed by atoms with Crippen LogP contribution in [0.1, 0.15) is 11.1 Å². The summed E-state index contributed by atoms with van der Waals surface area (Å²) < 4.78 is 0. The van der Waals surface area contributed by atoms with Crippen LogP contribution in [-0.2, 0) is 11.3 Å². The van der Waals surface area contributed by atoms with Crippen molar-refractivity contribution in [2.24, 2.45) is 0 Å². The monoisotopic (exact) mass is 368 g/mol. The van der Waals surface area contributed by atoms with Crippen LogP contribution < -0.4 is 15.5 Å². The van der Waals surface area contributed by atoms with Crippen LogP contribution in [0.3, 0.4) is 0 Å². The molecule has 1 aromatic heterocycles. The molecule has 1 aromatic carbocycles. The Hall–Kier alpha value is -3.16. The first-order valence-electron chi connectivity index (χ1n) is 8.99. The third-order valence-corrected chi connectivity index (χ3v) is 4.44. The zero-order valence-electron chi connectivity index (χ0n) is 15.4. The number of carbonyl (C=O) groups excluding carboxylic acids is 2. The average molecular weight is 368 g/mol. The molecule has 2 heterocycles. The Balaban J connectivity index is 1.37. The molecule has 27 heavy (non-hydrogen) atoms. The lowest BCUT2D eigenvalue weighted by Gasteiger charge is -2.34. The molecule has 8 heteroatoms. The number of nitrogens with one attached hydrogen (secondary N) is 2. The minimum Gasteiger partial charge on any atom is -0.338 e. The molecule has 2 aromatic rings. The van der Waals surface area contributed by atoms with E-state index in [2.05, 4.69) is 20.6 Å². The SMILES string of the molecule is Cc1ccc(CNC(=O)NCC(=O)N2CCN(c3ncccn3)CC2)cc1. The maximum absolute atomic E-state index is 12.3. The smallest absolute Gasteiger partial charge is 0.315 e. The van der Waals surface area contributed by atoms with Crippen LogP contribution in [-0.4, -0.2) is 59.5 Å². The summed E-state index contributed by atoms with van der Waals surface area (Å²) in [4.78, 5) is 36.4. The van der Waals surface area contributed by atoms with Crippen LogP contribution in [0, 0.1) is 6.92 Å². The van der Waals surface area contributed by atoms with E-state index in [4.69, 9.17) is 0 Å². The van der Waals surface area contributed by atoms with E-state index in [1.54, 1.807) is 23.4 Å². The predicted octanol–water partition coefficient (Wildman–Crippen LogP) is 0.933. The first-order chi connectivity index (χ1) is 13.1. The fourth-order valence-corrected chi connectivity index (χ4v) is 2.83. The Kier molecular flexibility index (Phi) is 6.19. The number of piperazine rings is 1. The van der Waals surface area contributed by atoms with Crippen molar-refractivity contribution in [1.82, 2.24) is 25.5 Å². The summed E-state index contributed by atoms with van der Waals surface area (Å²) in [5.74, 6) is 0.590. The number of nitrogens with zero attached hydrogens (tertiary/aromatic N) is 4. The molecule has 1 saturated heterocycles. The topological polar surface area (TPSA) is 90.5 Å². The van der Waals surface area contributed by atoms with E-state index >= 15 is 0 Å². The number of aromatic nitrogens is 2. The fraction of sp³-hybridized carbons (Fsp3) is 0.368. The molecule has 0 radical (unpaired) electrons. The number of urea groups is 1. The van der Waals surface area contributed by atoms with Gasteiger partial charge < -0.3 is 20.4 Å². The summed E-state index contributed by atoms with van der Waals surface area (Å²) in [6.45, 7) is 4.96. The fourth-order valence-electron chi connectivity index (χ4n) is 2.83. The molecule has 3 amide bonds. The molecule has 0 aliphatic carbocycles. The van der Waals surface area contributed by atoms with Crippen molar-refractivity contribution in [2.75, 3.05) is 37.6 Å². The van der Waals surface area contributed by atoms with Gasteiger partial charge in [0.25, 0.3) is 0 Å². The van der Waals surface area contributed by atoms with Gasteiger partial charge in [-0.3, -0.25) is 4.79 Å². The molecular formula is C19H24N6O2. The number of carbonyl (C=O) groups is 2. The molecule has 0 saturated carbocycles. The van der Waals surface area contributed by atoms with Gasteiger partial charge in [0.2, 0.25) is 11.9 Å². The molecule has 0 unspecified atom stereocenters. The normalized spacial score (nSPS) is 14.0. The summed E-state index contributed by atoms with van der Waals surface area (Å²) in [6, 6.07) is 9.36. The van der Waals surface area contributed by atoms with Gasteiger partial charge in [0.05, 0.1) is 6.54 Å². The van der Waals surface area contributed by atoms with Crippen molar-refractivity contribution in [3.63, 3.8) is 0 Å². The van der Waals surface area contributed by atoms with Crippen molar-refractivity contribution in [2.45, 2.75) is 13.5 Å². The Morgan fingerprint density at radius 1 is 1.00 bits per heavy atom. The minimum atomic E-state index is -0.347. The second-order valence-corrected chi connectivity index (χ2v) is 6.44. The number of amides is 3. The number of hydrogen-bond acceptors (Lipinski definition) is 5. The second-order valence-electron chi connectivity index (χ2n) is 6.44. The third-order valence-electron chi connectivity index (χ3n) is 4.44. The van der Waals surface area contributed by atoms with Gasteiger partial charge in [-0.05, 0) is 18.6 Å². The molecule has 1 aliphatic heterocycles. The quantitative estimate of drug-likeness (QED) is 0.820. The lowest BCUT2D eigenvalue weighted by Crippen LogP contribution is -2.52. The largest absolute Gasteiger partial charge is 0.338 e. The van der Waals surface area contributed by atoms with Crippen LogP contribution in [0.25, 0.3) is 0 Å². The predicted molar refractivity (Wildman–Crippen MR) is 102 cm³/mol.